The van der Waals surface area contributed by atoms with E-state index < -0.39 is 0 Å². The molecule has 3 heteroatoms. The molecule has 0 radical (unpaired) electrons. The molecule has 1 nitrogen and oxygen atoms in total. The van der Waals surface area contributed by atoms with Gasteiger partial charge in [0.1, 0.15) is 10.5 Å². The highest BCUT2D eigenvalue weighted by Gasteiger charge is 2.13. The second-order valence-corrected chi connectivity index (χ2v) is 4.38. The quantitative estimate of drug-likeness (QED) is 0.793. The maximum atomic E-state index is 13.2. The van der Waals surface area contributed by atoms with Crippen LogP contribution >= 0.6 is 12.2 Å². The lowest BCUT2D eigenvalue weighted by Gasteiger charge is -2.15. The molecule has 0 aliphatic rings. The Morgan fingerprint density at radius 1 is 1.29 bits per heavy atom. The van der Waals surface area contributed by atoms with E-state index in [0.29, 0.717) is 0 Å². The number of aromatic nitrogens is 1. The molecule has 2 rings (SSSR count). The van der Waals surface area contributed by atoms with Crippen LogP contribution in [0.4, 0.5) is 4.39 Å². The molecule has 0 saturated carbocycles. The third kappa shape index (κ3) is 2.61. The SMILES string of the molecule is CCC(c1cccc(F)c1)c1ccc[nH]c1=S. The van der Waals surface area contributed by atoms with Crippen molar-refractivity contribution in [2.75, 3.05) is 0 Å². The Balaban J connectivity index is 2.48. The Labute approximate surface area is 105 Å². The van der Waals surface area contributed by atoms with Crippen LogP contribution in [0.2, 0.25) is 0 Å². The zero-order valence-corrected chi connectivity index (χ0v) is 10.4. The summed E-state index contributed by atoms with van der Waals surface area (Å²) >= 11 is 5.28. The summed E-state index contributed by atoms with van der Waals surface area (Å²) in [5, 5.41) is 0. The van der Waals surface area contributed by atoms with Gasteiger partial charge in [0.25, 0.3) is 0 Å². The van der Waals surface area contributed by atoms with E-state index in [2.05, 4.69) is 11.9 Å². The lowest BCUT2D eigenvalue weighted by Crippen LogP contribution is -2.01. The molecule has 0 amide bonds. The predicted octanol–water partition coefficient (Wildman–Crippen LogP) is 4.43. The van der Waals surface area contributed by atoms with E-state index in [0.717, 1.165) is 22.2 Å². The monoisotopic (exact) mass is 247 g/mol. The van der Waals surface area contributed by atoms with Crippen molar-refractivity contribution >= 4 is 12.2 Å². The summed E-state index contributed by atoms with van der Waals surface area (Å²) < 4.78 is 14.0. The van der Waals surface area contributed by atoms with E-state index in [-0.39, 0.29) is 11.7 Å². The van der Waals surface area contributed by atoms with E-state index in [4.69, 9.17) is 12.2 Å². The Hall–Kier alpha value is -1.48. The number of H-pyrrole nitrogens is 1. The van der Waals surface area contributed by atoms with Gasteiger partial charge in [0, 0.05) is 12.1 Å². The van der Waals surface area contributed by atoms with Crippen LogP contribution in [0, 0.1) is 10.5 Å². The van der Waals surface area contributed by atoms with Crippen LogP contribution in [0.25, 0.3) is 0 Å². The van der Waals surface area contributed by atoms with E-state index >= 15 is 0 Å². The van der Waals surface area contributed by atoms with Crippen molar-refractivity contribution < 1.29 is 4.39 Å². The van der Waals surface area contributed by atoms with Gasteiger partial charge in [-0.15, -0.1) is 0 Å². The molecular formula is C14H14FNS. The zero-order valence-electron chi connectivity index (χ0n) is 9.61. The second-order valence-electron chi connectivity index (χ2n) is 3.97. The van der Waals surface area contributed by atoms with Crippen molar-refractivity contribution in [3.63, 3.8) is 0 Å². The van der Waals surface area contributed by atoms with Crippen LogP contribution in [0.15, 0.2) is 42.6 Å². The van der Waals surface area contributed by atoms with Crippen molar-refractivity contribution in [2.45, 2.75) is 19.3 Å². The molecule has 0 bridgehead atoms. The first-order valence-electron chi connectivity index (χ1n) is 5.65. The summed E-state index contributed by atoms with van der Waals surface area (Å²) in [6, 6.07) is 10.6. The van der Waals surface area contributed by atoms with Crippen molar-refractivity contribution in [3.8, 4) is 0 Å². The summed E-state index contributed by atoms with van der Waals surface area (Å²) in [6.07, 6.45) is 2.70. The Bertz CT molecular complexity index is 562. The highest BCUT2D eigenvalue weighted by atomic mass is 32.1. The van der Waals surface area contributed by atoms with E-state index in [1.165, 1.54) is 6.07 Å². The summed E-state index contributed by atoms with van der Waals surface area (Å²) in [5.41, 5.74) is 2.02. The van der Waals surface area contributed by atoms with E-state index in [1.54, 1.807) is 12.1 Å². The Kier molecular flexibility index (Phi) is 3.69. The number of pyridine rings is 1. The normalized spacial score (nSPS) is 12.4. The van der Waals surface area contributed by atoms with Gasteiger partial charge in [-0.2, -0.15) is 0 Å². The van der Waals surface area contributed by atoms with Crippen molar-refractivity contribution in [3.05, 3.63) is 64.2 Å². The third-order valence-electron chi connectivity index (χ3n) is 2.88. The van der Waals surface area contributed by atoms with Crippen LogP contribution in [0.3, 0.4) is 0 Å². The number of hydrogen-bond donors (Lipinski definition) is 1. The summed E-state index contributed by atoms with van der Waals surface area (Å²) in [4.78, 5) is 3.02. The van der Waals surface area contributed by atoms with Gasteiger partial charge in [0.2, 0.25) is 0 Å². The first kappa shape index (κ1) is 12.0. The highest BCUT2D eigenvalue weighted by molar-refractivity contribution is 7.71. The Morgan fingerprint density at radius 2 is 2.12 bits per heavy atom. The highest BCUT2D eigenvalue weighted by Crippen LogP contribution is 2.28. The molecule has 1 unspecified atom stereocenters. The molecule has 1 atom stereocenters. The lowest BCUT2D eigenvalue weighted by molar-refractivity contribution is 0.622. The first-order valence-corrected chi connectivity index (χ1v) is 6.06. The molecule has 1 aromatic carbocycles. The number of hydrogen-bond acceptors (Lipinski definition) is 1. The molecule has 88 valence electrons. The molecule has 1 N–H and O–H groups in total. The van der Waals surface area contributed by atoms with Gasteiger partial charge in [-0.3, -0.25) is 0 Å². The number of rotatable bonds is 3. The average Bonchev–Trinajstić information content (AvgIpc) is 2.33. The summed E-state index contributed by atoms with van der Waals surface area (Å²) in [6.45, 7) is 2.08. The molecule has 0 aliphatic carbocycles. The van der Waals surface area contributed by atoms with Crippen LogP contribution in [-0.2, 0) is 0 Å². The minimum Gasteiger partial charge on any atom is -0.353 e. The van der Waals surface area contributed by atoms with Gasteiger partial charge in [-0.05, 0) is 35.7 Å². The minimum absolute atomic E-state index is 0.149. The van der Waals surface area contributed by atoms with Gasteiger partial charge >= 0.3 is 0 Å². The van der Waals surface area contributed by atoms with Crippen molar-refractivity contribution in [1.29, 1.82) is 0 Å². The number of aromatic amines is 1. The number of halogens is 1. The minimum atomic E-state index is -0.202. The van der Waals surface area contributed by atoms with Gasteiger partial charge in [0.15, 0.2) is 0 Å². The molecule has 0 spiro atoms. The number of benzene rings is 1. The van der Waals surface area contributed by atoms with Crippen LogP contribution < -0.4 is 0 Å². The summed E-state index contributed by atoms with van der Waals surface area (Å²) in [5.74, 6) is -0.0533. The van der Waals surface area contributed by atoms with Gasteiger partial charge in [-0.25, -0.2) is 4.39 Å². The zero-order chi connectivity index (χ0) is 12.3. The first-order chi connectivity index (χ1) is 8.22. The predicted molar refractivity (Wildman–Crippen MR) is 70.2 cm³/mol. The fourth-order valence-electron chi connectivity index (χ4n) is 2.07. The summed E-state index contributed by atoms with van der Waals surface area (Å²) in [7, 11) is 0. The fraction of sp³-hybridized carbons (Fsp3) is 0.214. The van der Waals surface area contributed by atoms with Crippen LogP contribution in [0.1, 0.15) is 30.4 Å². The molecule has 17 heavy (non-hydrogen) atoms. The molecule has 0 fully saturated rings. The van der Waals surface area contributed by atoms with E-state index in [9.17, 15) is 4.39 Å². The molecule has 1 aromatic heterocycles. The second kappa shape index (κ2) is 5.23. The Morgan fingerprint density at radius 3 is 2.76 bits per heavy atom. The standard InChI is InChI=1S/C14H14FNS/c1-2-12(10-5-3-6-11(15)9-10)13-7-4-8-16-14(13)17/h3-9,12H,2H2,1H3,(H,16,17). The van der Waals surface area contributed by atoms with Gasteiger partial charge in [-0.1, -0.05) is 37.3 Å². The molecule has 0 saturated heterocycles. The van der Waals surface area contributed by atoms with Crippen LogP contribution in [0.5, 0.6) is 0 Å². The van der Waals surface area contributed by atoms with Crippen molar-refractivity contribution in [2.24, 2.45) is 0 Å². The van der Waals surface area contributed by atoms with Gasteiger partial charge < -0.3 is 4.98 Å². The third-order valence-corrected chi connectivity index (χ3v) is 3.24. The largest absolute Gasteiger partial charge is 0.353 e. The topological polar surface area (TPSA) is 15.8 Å². The maximum absolute atomic E-state index is 13.2. The smallest absolute Gasteiger partial charge is 0.123 e. The average molecular weight is 247 g/mol. The molecule has 0 aliphatic heterocycles. The lowest BCUT2D eigenvalue weighted by atomic mass is 9.90. The van der Waals surface area contributed by atoms with E-state index in [1.807, 2.05) is 24.4 Å². The maximum Gasteiger partial charge on any atom is 0.123 e. The van der Waals surface area contributed by atoms with Crippen LogP contribution in [-0.4, -0.2) is 4.98 Å². The number of nitrogens with one attached hydrogen (secondary N) is 1. The fourth-order valence-corrected chi connectivity index (χ4v) is 2.35. The molecular weight excluding hydrogens is 233 g/mol. The van der Waals surface area contributed by atoms with Crippen molar-refractivity contribution in [1.82, 2.24) is 4.98 Å². The molecule has 2 aromatic rings. The molecule has 1 heterocycles. The van der Waals surface area contributed by atoms with Gasteiger partial charge in [0.05, 0.1) is 0 Å².